The van der Waals surface area contributed by atoms with E-state index in [1.165, 1.54) is 19.3 Å². The summed E-state index contributed by atoms with van der Waals surface area (Å²) < 4.78 is 0. The number of Topliss-reactive ketones (excluding diaryl/α,β-unsaturated/α-hetero) is 1. The topological polar surface area (TPSA) is 78.3 Å². The van der Waals surface area contributed by atoms with E-state index in [1.54, 1.807) is 25.3 Å². The van der Waals surface area contributed by atoms with Gasteiger partial charge in [-0.2, -0.15) is 0 Å². The molecule has 3 aromatic rings. The number of benzene rings is 1. The van der Waals surface area contributed by atoms with Crippen molar-refractivity contribution >= 4 is 70.5 Å². The van der Waals surface area contributed by atoms with E-state index in [9.17, 15) is 9.90 Å². The third-order valence-corrected chi connectivity index (χ3v) is 7.16. The van der Waals surface area contributed by atoms with Gasteiger partial charge < -0.3 is 15.3 Å². The van der Waals surface area contributed by atoms with Crippen LogP contribution < -0.4 is 5.32 Å². The summed E-state index contributed by atoms with van der Waals surface area (Å²) in [7, 11) is 4.23. The molecule has 0 radical (unpaired) electrons. The van der Waals surface area contributed by atoms with Crippen molar-refractivity contribution in [3.05, 3.63) is 46.1 Å². The highest BCUT2D eigenvalue weighted by atomic mass is 35.5. The molecule has 2 heterocycles. The first-order valence-corrected chi connectivity index (χ1v) is 12.4. The number of hydrogen-bond acceptors (Lipinski definition) is 6. The van der Waals surface area contributed by atoms with E-state index in [1.807, 2.05) is 12.1 Å². The van der Waals surface area contributed by atoms with Crippen LogP contribution in [0.15, 0.2) is 30.5 Å². The summed E-state index contributed by atoms with van der Waals surface area (Å²) >= 11 is 12.3. The summed E-state index contributed by atoms with van der Waals surface area (Å²) in [5.41, 5.74) is 3.91. The average Bonchev–Trinajstić information content (AvgIpc) is 2.81. The molecule has 1 aliphatic carbocycles. The predicted molar refractivity (Wildman–Crippen MR) is 154 cm³/mol. The van der Waals surface area contributed by atoms with Crippen LogP contribution in [-0.4, -0.2) is 52.4 Å². The van der Waals surface area contributed by atoms with Gasteiger partial charge in [0.1, 0.15) is 5.52 Å². The quantitative estimate of drug-likeness (QED) is 0.289. The maximum Gasteiger partial charge on any atom is 0.163 e. The molecule has 36 heavy (non-hydrogen) atoms. The largest absolute Gasteiger partial charge is 0.505 e. The molecular formula is C26H32Cl4N4O2. The van der Waals surface area contributed by atoms with Crippen molar-refractivity contribution in [1.82, 2.24) is 14.9 Å². The molecule has 0 spiro atoms. The molecule has 6 nitrogen and oxygen atoms in total. The van der Waals surface area contributed by atoms with Gasteiger partial charge in [0.15, 0.2) is 11.5 Å². The fourth-order valence-corrected chi connectivity index (χ4v) is 5.08. The second-order valence-corrected chi connectivity index (χ2v) is 10.2. The van der Waals surface area contributed by atoms with E-state index < -0.39 is 0 Å². The van der Waals surface area contributed by atoms with Gasteiger partial charge in [-0.25, -0.2) is 4.98 Å². The molecule has 2 aromatic heterocycles. The molecular weight excluding hydrogens is 542 g/mol. The molecule has 0 amide bonds. The number of fused-ring (bicyclic) bond motifs is 1. The van der Waals surface area contributed by atoms with Gasteiger partial charge in [0.05, 0.1) is 32.5 Å². The number of aromatic nitrogens is 2. The summed E-state index contributed by atoms with van der Waals surface area (Å²) in [6, 6.07) is 7.24. The van der Waals surface area contributed by atoms with E-state index in [4.69, 9.17) is 28.2 Å². The number of rotatable bonds is 7. The van der Waals surface area contributed by atoms with Gasteiger partial charge in [-0.1, -0.05) is 23.2 Å². The summed E-state index contributed by atoms with van der Waals surface area (Å²) in [5, 5.41) is 13.9. The summed E-state index contributed by atoms with van der Waals surface area (Å²) in [6.45, 7) is 2.67. The van der Waals surface area contributed by atoms with Crippen LogP contribution in [-0.2, 0) is 0 Å². The van der Waals surface area contributed by atoms with Gasteiger partial charge in [0, 0.05) is 17.8 Å². The zero-order valence-corrected chi connectivity index (χ0v) is 23.7. The highest BCUT2D eigenvalue weighted by Crippen LogP contribution is 2.37. The lowest BCUT2D eigenvalue weighted by Gasteiger charge is -2.31. The molecule has 0 saturated heterocycles. The first-order chi connectivity index (χ1) is 16.2. The molecule has 2 N–H and O–H groups in total. The SMILES string of the molecule is CC(=O)c1cnc2ccc(-c3cc(Cl)c(O)c(Cl)c3)nc2c1NC1CCC(CCN(C)C)CC1.Cl.Cl. The van der Waals surface area contributed by atoms with Crippen LogP contribution in [0.4, 0.5) is 5.69 Å². The third-order valence-electron chi connectivity index (χ3n) is 6.58. The number of pyridine rings is 2. The van der Waals surface area contributed by atoms with E-state index in [-0.39, 0.29) is 52.4 Å². The zero-order valence-electron chi connectivity index (χ0n) is 20.6. The second kappa shape index (κ2) is 13.1. The number of phenols is 1. The predicted octanol–water partition coefficient (Wildman–Crippen LogP) is 7.28. The van der Waals surface area contributed by atoms with E-state index >= 15 is 0 Å². The average molecular weight is 574 g/mol. The third kappa shape index (κ3) is 6.93. The van der Waals surface area contributed by atoms with Crippen LogP contribution in [0.5, 0.6) is 5.75 Å². The fourth-order valence-electron chi connectivity index (χ4n) is 4.59. The Balaban J connectivity index is 0.00000228. The van der Waals surface area contributed by atoms with Crippen molar-refractivity contribution in [2.45, 2.75) is 45.1 Å². The van der Waals surface area contributed by atoms with Crippen molar-refractivity contribution in [3.63, 3.8) is 0 Å². The highest BCUT2D eigenvalue weighted by Gasteiger charge is 2.24. The van der Waals surface area contributed by atoms with Crippen molar-refractivity contribution < 1.29 is 9.90 Å². The maximum atomic E-state index is 12.5. The van der Waals surface area contributed by atoms with Crippen LogP contribution in [0.1, 0.15) is 49.4 Å². The first kappa shape index (κ1) is 30.4. The lowest BCUT2D eigenvalue weighted by molar-refractivity contribution is 0.101. The number of halogens is 4. The van der Waals surface area contributed by atoms with Crippen molar-refractivity contribution in [2.75, 3.05) is 26.0 Å². The molecule has 1 aromatic carbocycles. The Hall–Kier alpha value is -1.83. The molecule has 1 fully saturated rings. The Labute approximate surface area is 234 Å². The number of nitrogens with one attached hydrogen (secondary N) is 1. The van der Waals surface area contributed by atoms with Crippen molar-refractivity contribution in [3.8, 4) is 17.0 Å². The maximum absolute atomic E-state index is 12.5. The number of phenolic OH excluding ortho intramolecular Hbond substituents is 1. The smallest absolute Gasteiger partial charge is 0.163 e. The first-order valence-electron chi connectivity index (χ1n) is 11.6. The number of hydrogen-bond donors (Lipinski definition) is 2. The van der Waals surface area contributed by atoms with Crippen molar-refractivity contribution in [2.24, 2.45) is 5.92 Å². The Morgan fingerprint density at radius 2 is 1.75 bits per heavy atom. The lowest BCUT2D eigenvalue weighted by Crippen LogP contribution is -2.28. The Bertz CT molecular complexity index is 1190. The van der Waals surface area contributed by atoms with Crippen molar-refractivity contribution in [1.29, 1.82) is 0 Å². The van der Waals surface area contributed by atoms with Gasteiger partial charge in [0.2, 0.25) is 0 Å². The van der Waals surface area contributed by atoms with Gasteiger partial charge in [-0.3, -0.25) is 9.78 Å². The molecule has 4 rings (SSSR count). The van der Waals surface area contributed by atoms with Gasteiger partial charge in [-0.15, -0.1) is 24.8 Å². The minimum absolute atomic E-state index is 0. The standard InChI is InChI=1S/C26H30Cl2N4O2.2ClH/c1-15(33)19-14-29-23-9-8-22(17-12-20(27)26(34)21(28)13-17)31-25(23)24(19)30-18-6-4-16(5-7-18)10-11-32(2)3;;/h8-9,12-14,16,18,34H,4-7,10-11H2,1-3H3,(H,29,30);2*1H. The molecule has 1 aliphatic rings. The van der Waals surface area contributed by atoms with Crippen LogP contribution in [0, 0.1) is 5.92 Å². The van der Waals surface area contributed by atoms with Gasteiger partial charge in [-0.05, 0) is 89.9 Å². The number of carbonyl (C=O) groups is 1. The molecule has 10 heteroatoms. The number of anilines is 1. The number of ketones is 1. The number of nitrogens with zero attached hydrogens (tertiary/aromatic N) is 3. The number of carbonyl (C=O) groups excluding carboxylic acids is 1. The molecule has 196 valence electrons. The monoisotopic (exact) mass is 572 g/mol. The summed E-state index contributed by atoms with van der Waals surface area (Å²) in [5.74, 6) is 0.534. The highest BCUT2D eigenvalue weighted by molar-refractivity contribution is 6.37. The normalized spacial score (nSPS) is 17.4. The van der Waals surface area contributed by atoms with Crippen LogP contribution in [0.3, 0.4) is 0 Å². The Kier molecular flexibility index (Phi) is 11.1. The zero-order chi connectivity index (χ0) is 24.4. The van der Waals surface area contributed by atoms with Crippen LogP contribution in [0.25, 0.3) is 22.3 Å². The molecule has 0 aliphatic heterocycles. The van der Waals surface area contributed by atoms with E-state index in [2.05, 4.69) is 29.3 Å². The lowest BCUT2D eigenvalue weighted by atomic mass is 9.84. The Morgan fingerprint density at radius 1 is 1.11 bits per heavy atom. The molecule has 0 unspecified atom stereocenters. The minimum Gasteiger partial charge on any atom is -0.505 e. The van der Waals surface area contributed by atoms with Gasteiger partial charge >= 0.3 is 0 Å². The minimum atomic E-state index is -0.156. The molecule has 1 saturated carbocycles. The van der Waals surface area contributed by atoms with Crippen LogP contribution >= 0.6 is 48.0 Å². The van der Waals surface area contributed by atoms with Gasteiger partial charge in [0.25, 0.3) is 0 Å². The fraction of sp³-hybridized carbons (Fsp3) is 0.423. The molecule has 0 atom stereocenters. The van der Waals surface area contributed by atoms with E-state index in [0.29, 0.717) is 27.9 Å². The van der Waals surface area contributed by atoms with E-state index in [0.717, 1.165) is 31.0 Å². The van der Waals surface area contributed by atoms with Crippen LogP contribution in [0.2, 0.25) is 10.0 Å². The summed E-state index contributed by atoms with van der Waals surface area (Å²) in [4.78, 5) is 24.0. The Morgan fingerprint density at radius 3 is 2.33 bits per heavy atom. The summed E-state index contributed by atoms with van der Waals surface area (Å²) in [6.07, 6.45) is 7.31. The molecule has 0 bridgehead atoms. The number of aromatic hydroxyl groups is 1. The second-order valence-electron chi connectivity index (χ2n) is 9.41.